The van der Waals surface area contributed by atoms with Gasteiger partial charge in [0.2, 0.25) is 5.91 Å². The SMILES string of the molecule is C[C@H](N[C@H](C)c1ccccc1Cl)C(=O)NC(N)=O. The molecule has 3 amide bonds. The third-order valence-electron chi connectivity index (χ3n) is 2.51. The van der Waals surface area contributed by atoms with Crippen molar-refractivity contribution in [3.8, 4) is 0 Å². The maximum absolute atomic E-state index is 11.5. The maximum atomic E-state index is 11.5. The molecular weight excluding hydrogens is 254 g/mol. The second-order valence-electron chi connectivity index (χ2n) is 3.99. The first kappa shape index (κ1) is 14.5. The van der Waals surface area contributed by atoms with Crippen LogP contribution in [0.2, 0.25) is 5.02 Å². The van der Waals surface area contributed by atoms with Crippen LogP contribution in [0.3, 0.4) is 0 Å². The summed E-state index contributed by atoms with van der Waals surface area (Å²) in [5, 5.41) is 5.68. The number of amides is 3. The van der Waals surface area contributed by atoms with E-state index in [1.807, 2.05) is 30.4 Å². The average Bonchev–Trinajstić information content (AvgIpc) is 2.28. The first-order chi connectivity index (χ1) is 8.41. The Balaban J connectivity index is 2.65. The minimum atomic E-state index is -0.862. The molecule has 0 heterocycles. The molecule has 0 spiro atoms. The Morgan fingerprint density at radius 3 is 2.44 bits per heavy atom. The number of carbonyl (C=O) groups is 2. The molecule has 6 heteroatoms. The molecule has 0 bridgehead atoms. The summed E-state index contributed by atoms with van der Waals surface area (Å²) in [5.74, 6) is -0.471. The van der Waals surface area contributed by atoms with Crippen LogP contribution in [-0.2, 0) is 4.79 Å². The van der Waals surface area contributed by atoms with E-state index >= 15 is 0 Å². The van der Waals surface area contributed by atoms with Crippen molar-refractivity contribution in [1.82, 2.24) is 10.6 Å². The van der Waals surface area contributed by atoms with Crippen molar-refractivity contribution in [3.05, 3.63) is 34.9 Å². The zero-order valence-corrected chi connectivity index (χ0v) is 11.0. The molecule has 0 radical (unpaired) electrons. The number of imide groups is 1. The molecule has 0 aliphatic carbocycles. The fourth-order valence-electron chi connectivity index (χ4n) is 1.60. The number of carbonyl (C=O) groups excluding carboxylic acids is 2. The van der Waals surface area contributed by atoms with Crippen LogP contribution in [-0.4, -0.2) is 18.0 Å². The summed E-state index contributed by atoms with van der Waals surface area (Å²) in [7, 11) is 0. The Bertz CT molecular complexity index is 451. The standard InChI is InChI=1S/C12H16ClN3O2/c1-7(9-5-3-4-6-10(9)13)15-8(2)11(17)16-12(14)18/h3-8,15H,1-2H3,(H3,14,16,17,18)/t7-,8+/m1/s1. The lowest BCUT2D eigenvalue weighted by Gasteiger charge is -2.20. The predicted molar refractivity (Wildman–Crippen MR) is 70.2 cm³/mol. The lowest BCUT2D eigenvalue weighted by molar-refractivity contribution is -0.121. The van der Waals surface area contributed by atoms with Crippen molar-refractivity contribution >= 4 is 23.5 Å². The Morgan fingerprint density at radius 1 is 1.28 bits per heavy atom. The van der Waals surface area contributed by atoms with Crippen molar-refractivity contribution < 1.29 is 9.59 Å². The lowest BCUT2D eigenvalue weighted by atomic mass is 10.1. The Morgan fingerprint density at radius 2 is 1.89 bits per heavy atom. The molecule has 5 nitrogen and oxygen atoms in total. The van der Waals surface area contributed by atoms with Crippen molar-refractivity contribution in [2.45, 2.75) is 25.9 Å². The van der Waals surface area contributed by atoms with Gasteiger partial charge in [-0.15, -0.1) is 0 Å². The number of urea groups is 1. The van der Waals surface area contributed by atoms with Crippen LogP contribution in [0.4, 0.5) is 4.79 Å². The molecule has 18 heavy (non-hydrogen) atoms. The zero-order chi connectivity index (χ0) is 13.7. The number of primary amides is 1. The number of hydrogen-bond donors (Lipinski definition) is 3. The van der Waals surface area contributed by atoms with Gasteiger partial charge in [-0.1, -0.05) is 29.8 Å². The smallest absolute Gasteiger partial charge is 0.318 e. The molecule has 0 saturated heterocycles. The van der Waals surface area contributed by atoms with Crippen LogP contribution >= 0.6 is 11.6 Å². The quantitative estimate of drug-likeness (QED) is 0.776. The number of nitrogens with two attached hydrogens (primary N) is 1. The van der Waals surface area contributed by atoms with Gasteiger partial charge >= 0.3 is 6.03 Å². The molecule has 0 unspecified atom stereocenters. The van der Waals surface area contributed by atoms with Crippen LogP contribution < -0.4 is 16.4 Å². The van der Waals surface area contributed by atoms with E-state index in [0.29, 0.717) is 5.02 Å². The Hall–Kier alpha value is -1.59. The van der Waals surface area contributed by atoms with E-state index in [9.17, 15) is 9.59 Å². The van der Waals surface area contributed by atoms with Crippen LogP contribution in [0.1, 0.15) is 25.5 Å². The molecule has 98 valence electrons. The average molecular weight is 270 g/mol. The lowest BCUT2D eigenvalue weighted by Crippen LogP contribution is -2.47. The second-order valence-corrected chi connectivity index (χ2v) is 4.39. The van der Waals surface area contributed by atoms with Crippen molar-refractivity contribution in [3.63, 3.8) is 0 Å². The predicted octanol–water partition coefficient (Wildman–Crippen LogP) is 1.57. The molecular formula is C12H16ClN3O2. The molecule has 2 atom stereocenters. The van der Waals surface area contributed by atoms with E-state index in [1.165, 1.54) is 0 Å². The number of hydrogen-bond acceptors (Lipinski definition) is 3. The van der Waals surface area contributed by atoms with E-state index in [2.05, 4.69) is 5.32 Å². The first-order valence-corrected chi connectivity index (χ1v) is 5.90. The summed E-state index contributed by atoms with van der Waals surface area (Å²) in [6.07, 6.45) is 0. The van der Waals surface area contributed by atoms with Crippen molar-refractivity contribution in [1.29, 1.82) is 0 Å². The highest BCUT2D eigenvalue weighted by atomic mass is 35.5. The van der Waals surface area contributed by atoms with Gasteiger partial charge in [-0.05, 0) is 25.5 Å². The first-order valence-electron chi connectivity index (χ1n) is 5.52. The van der Waals surface area contributed by atoms with E-state index in [-0.39, 0.29) is 6.04 Å². The molecule has 1 aromatic carbocycles. The van der Waals surface area contributed by atoms with E-state index in [4.69, 9.17) is 17.3 Å². The van der Waals surface area contributed by atoms with Crippen LogP contribution in [0.25, 0.3) is 0 Å². The van der Waals surface area contributed by atoms with Crippen LogP contribution in [0, 0.1) is 0 Å². The number of halogens is 1. The molecule has 0 aliphatic rings. The van der Waals surface area contributed by atoms with Crippen molar-refractivity contribution in [2.24, 2.45) is 5.73 Å². The molecule has 1 aromatic rings. The fraction of sp³-hybridized carbons (Fsp3) is 0.333. The van der Waals surface area contributed by atoms with Gasteiger partial charge in [-0.3, -0.25) is 15.4 Å². The topological polar surface area (TPSA) is 84.2 Å². The van der Waals surface area contributed by atoms with Gasteiger partial charge < -0.3 is 5.73 Å². The van der Waals surface area contributed by atoms with Crippen LogP contribution in [0.5, 0.6) is 0 Å². The van der Waals surface area contributed by atoms with E-state index < -0.39 is 18.0 Å². The summed E-state index contributed by atoms with van der Waals surface area (Å²) in [5.41, 5.74) is 5.76. The van der Waals surface area contributed by atoms with E-state index in [1.54, 1.807) is 13.0 Å². The van der Waals surface area contributed by atoms with Gasteiger partial charge in [-0.25, -0.2) is 4.79 Å². The third-order valence-corrected chi connectivity index (χ3v) is 2.86. The molecule has 1 rings (SSSR count). The molecule has 0 fully saturated rings. The highest BCUT2D eigenvalue weighted by Gasteiger charge is 2.18. The van der Waals surface area contributed by atoms with Gasteiger partial charge in [-0.2, -0.15) is 0 Å². The molecule has 0 saturated carbocycles. The second kappa shape index (κ2) is 6.37. The monoisotopic (exact) mass is 269 g/mol. The van der Waals surface area contributed by atoms with Crippen LogP contribution in [0.15, 0.2) is 24.3 Å². The highest BCUT2D eigenvalue weighted by molar-refractivity contribution is 6.31. The zero-order valence-electron chi connectivity index (χ0n) is 10.2. The van der Waals surface area contributed by atoms with Gasteiger partial charge in [0.05, 0.1) is 6.04 Å². The summed E-state index contributed by atoms with van der Waals surface area (Å²) in [6.45, 7) is 3.53. The van der Waals surface area contributed by atoms with Gasteiger partial charge in [0.15, 0.2) is 0 Å². The normalized spacial score (nSPS) is 13.7. The van der Waals surface area contributed by atoms with Gasteiger partial charge in [0.1, 0.15) is 0 Å². The molecule has 0 aliphatic heterocycles. The number of benzene rings is 1. The fourth-order valence-corrected chi connectivity index (χ4v) is 1.90. The summed E-state index contributed by atoms with van der Waals surface area (Å²) in [6, 6.07) is 5.83. The number of rotatable bonds is 4. The van der Waals surface area contributed by atoms with Gasteiger partial charge in [0.25, 0.3) is 0 Å². The Labute approximate surface area is 111 Å². The van der Waals surface area contributed by atoms with Gasteiger partial charge in [0, 0.05) is 11.1 Å². The summed E-state index contributed by atoms with van der Waals surface area (Å²) < 4.78 is 0. The largest absolute Gasteiger partial charge is 0.351 e. The Kier molecular flexibility index (Phi) is 5.12. The minimum Gasteiger partial charge on any atom is -0.351 e. The van der Waals surface area contributed by atoms with Crippen molar-refractivity contribution in [2.75, 3.05) is 0 Å². The summed E-state index contributed by atoms with van der Waals surface area (Å²) in [4.78, 5) is 22.1. The highest BCUT2D eigenvalue weighted by Crippen LogP contribution is 2.22. The summed E-state index contributed by atoms with van der Waals surface area (Å²) >= 11 is 6.05. The number of nitrogens with one attached hydrogen (secondary N) is 2. The molecule has 4 N–H and O–H groups in total. The third kappa shape index (κ3) is 4.01. The van der Waals surface area contributed by atoms with E-state index in [0.717, 1.165) is 5.56 Å². The maximum Gasteiger partial charge on any atom is 0.318 e. The molecule has 0 aromatic heterocycles. The minimum absolute atomic E-state index is 0.118.